The van der Waals surface area contributed by atoms with Gasteiger partial charge < -0.3 is 24.6 Å². The number of nitrogens with zero attached hydrogens (tertiary/aromatic N) is 3. The third-order valence-corrected chi connectivity index (χ3v) is 5.91. The maximum atomic E-state index is 6.12. The molecule has 25 heavy (non-hydrogen) atoms. The zero-order chi connectivity index (χ0) is 17.5. The Morgan fingerprint density at radius 3 is 2.60 bits per heavy atom. The Kier molecular flexibility index (Phi) is 7.37. The Hall–Kier alpha value is -0.850. The van der Waals surface area contributed by atoms with Crippen LogP contribution in [0.1, 0.15) is 44.9 Å². The van der Waals surface area contributed by atoms with E-state index in [0.717, 1.165) is 58.1 Å². The van der Waals surface area contributed by atoms with Crippen molar-refractivity contribution in [3.8, 4) is 0 Å². The van der Waals surface area contributed by atoms with Gasteiger partial charge in [-0.3, -0.25) is 4.99 Å². The molecule has 144 valence electrons. The largest absolute Gasteiger partial charge is 0.376 e. The number of likely N-dealkylation sites (tertiary alicyclic amines) is 2. The molecule has 0 aromatic carbocycles. The van der Waals surface area contributed by atoms with Gasteiger partial charge in [0.05, 0.1) is 18.8 Å². The van der Waals surface area contributed by atoms with Crippen LogP contribution in [0.3, 0.4) is 0 Å². The maximum Gasteiger partial charge on any atom is 0.193 e. The number of aliphatic imine (C=N–C) groups is 1. The molecule has 0 amide bonds. The van der Waals surface area contributed by atoms with E-state index in [0.29, 0.717) is 18.2 Å². The molecule has 3 fully saturated rings. The highest BCUT2D eigenvalue weighted by atomic mass is 16.5. The molecule has 2 unspecified atom stereocenters. The third kappa shape index (κ3) is 5.56. The van der Waals surface area contributed by atoms with Crippen LogP contribution >= 0.6 is 0 Å². The molecule has 3 heterocycles. The molecule has 0 aliphatic carbocycles. The highest BCUT2D eigenvalue weighted by Gasteiger charge is 2.25. The van der Waals surface area contributed by atoms with Crippen molar-refractivity contribution >= 4 is 5.96 Å². The van der Waals surface area contributed by atoms with Gasteiger partial charge in [0.2, 0.25) is 0 Å². The predicted octanol–water partition coefficient (Wildman–Crippen LogP) is 1.71. The first kappa shape index (κ1) is 18.9. The van der Waals surface area contributed by atoms with Crippen molar-refractivity contribution in [2.24, 2.45) is 4.99 Å². The van der Waals surface area contributed by atoms with E-state index in [1.807, 2.05) is 7.05 Å². The first-order valence-electron chi connectivity index (χ1n) is 10.2. The van der Waals surface area contributed by atoms with Crippen LogP contribution in [-0.4, -0.2) is 87.5 Å². The monoisotopic (exact) mass is 352 g/mol. The topological polar surface area (TPSA) is 49.3 Å². The third-order valence-electron chi connectivity index (χ3n) is 5.91. The molecule has 1 N–H and O–H groups in total. The Balaban J connectivity index is 1.35. The molecule has 0 aromatic heterocycles. The van der Waals surface area contributed by atoms with Crippen molar-refractivity contribution in [3.63, 3.8) is 0 Å². The minimum atomic E-state index is 0.324. The molecule has 3 saturated heterocycles. The normalized spacial score (nSPS) is 30.0. The van der Waals surface area contributed by atoms with Crippen LogP contribution in [0.25, 0.3) is 0 Å². The molecule has 6 nitrogen and oxygen atoms in total. The van der Waals surface area contributed by atoms with Crippen molar-refractivity contribution in [2.45, 2.75) is 63.2 Å². The Labute approximate surface area is 152 Å². The molecule has 0 saturated carbocycles. The lowest BCUT2D eigenvalue weighted by Gasteiger charge is -2.35. The van der Waals surface area contributed by atoms with Crippen molar-refractivity contribution in [2.75, 3.05) is 53.5 Å². The summed E-state index contributed by atoms with van der Waals surface area (Å²) in [5.74, 6) is 1.05. The zero-order valence-corrected chi connectivity index (χ0v) is 16.1. The number of ether oxygens (including phenoxy) is 2. The average Bonchev–Trinajstić information content (AvgIpc) is 3.07. The van der Waals surface area contributed by atoms with Gasteiger partial charge in [0, 0.05) is 39.3 Å². The summed E-state index contributed by atoms with van der Waals surface area (Å²) in [6.45, 7) is 5.94. The lowest BCUT2D eigenvalue weighted by Crippen LogP contribution is -2.49. The van der Waals surface area contributed by atoms with Crippen LogP contribution in [0.2, 0.25) is 0 Å². The molecular formula is C19H36N4O2. The molecule has 3 rings (SSSR count). The van der Waals surface area contributed by atoms with E-state index in [1.165, 1.54) is 32.2 Å². The smallest absolute Gasteiger partial charge is 0.193 e. The number of nitrogens with one attached hydrogen (secondary N) is 1. The Morgan fingerprint density at radius 1 is 1.12 bits per heavy atom. The van der Waals surface area contributed by atoms with E-state index in [1.54, 1.807) is 0 Å². The van der Waals surface area contributed by atoms with Crippen molar-refractivity contribution in [1.82, 2.24) is 15.1 Å². The van der Waals surface area contributed by atoms with Crippen LogP contribution in [-0.2, 0) is 9.47 Å². The Morgan fingerprint density at radius 2 is 1.96 bits per heavy atom. The summed E-state index contributed by atoms with van der Waals surface area (Å²) in [6, 6.07) is 0.646. The average molecular weight is 353 g/mol. The summed E-state index contributed by atoms with van der Waals surface area (Å²) < 4.78 is 11.9. The number of hydrogen-bond acceptors (Lipinski definition) is 4. The fourth-order valence-electron chi connectivity index (χ4n) is 4.20. The highest BCUT2D eigenvalue weighted by molar-refractivity contribution is 5.80. The SMILES string of the molecule is CN=C(NCC1CCCN1C)N1CCC(OCC2CCCCO2)CC1. The fourth-order valence-corrected chi connectivity index (χ4v) is 4.20. The minimum absolute atomic E-state index is 0.324. The second-order valence-electron chi connectivity index (χ2n) is 7.71. The standard InChI is InChI=1S/C19H36N4O2/c1-20-19(21-14-16-6-5-10-22(16)2)23-11-8-17(9-12-23)25-15-18-7-3-4-13-24-18/h16-18H,3-15H2,1-2H3,(H,20,21). The lowest BCUT2D eigenvalue weighted by molar-refractivity contribution is -0.0721. The summed E-state index contributed by atoms with van der Waals surface area (Å²) >= 11 is 0. The van der Waals surface area contributed by atoms with E-state index in [2.05, 4.69) is 27.2 Å². The Bertz CT molecular complexity index is 418. The van der Waals surface area contributed by atoms with Gasteiger partial charge in [0.25, 0.3) is 0 Å². The van der Waals surface area contributed by atoms with E-state index < -0.39 is 0 Å². The van der Waals surface area contributed by atoms with E-state index >= 15 is 0 Å². The highest BCUT2D eigenvalue weighted by Crippen LogP contribution is 2.18. The lowest BCUT2D eigenvalue weighted by atomic mass is 10.1. The molecule has 6 heteroatoms. The zero-order valence-electron chi connectivity index (χ0n) is 16.1. The summed E-state index contributed by atoms with van der Waals surface area (Å²) in [5, 5.41) is 3.58. The van der Waals surface area contributed by atoms with Crippen LogP contribution < -0.4 is 5.32 Å². The van der Waals surface area contributed by atoms with Crippen LogP contribution in [0.5, 0.6) is 0 Å². The summed E-state index contributed by atoms with van der Waals surface area (Å²) in [4.78, 5) is 9.33. The number of guanidine groups is 1. The van der Waals surface area contributed by atoms with Gasteiger partial charge in [0.1, 0.15) is 0 Å². The number of hydrogen-bond donors (Lipinski definition) is 1. The molecule has 0 radical (unpaired) electrons. The molecule has 3 aliphatic rings. The van der Waals surface area contributed by atoms with E-state index in [4.69, 9.17) is 9.47 Å². The molecule has 0 aromatic rings. The van der Waals surface area contributed by atoms with Gasteiger partial charge in [-0.15, -0.1) is 0 Å². The van der Waals surface area contributed by atoms with E-state index in [9.17, 15) is 0 Å². The van der Waals surface area contributed by atoms with Crippen LogP contribution in [0, 0.1) is 0 Å². The summed E-state index contributed by atoms with van der Waals surface area (Å²) in [5.41, 5.74) is 0. The van der Waals surface area contributed by atoms with Gasteiger partial charge >= 0.3 is 0 Å². The fraction of sp³-hybridized carbons (Fsp3) is 0.947. The number of rotatable bonds is 5. The second-order valence-corrected chi connectivity index (χ2v) is 7.71. The van der Waals surface area contributed by atoms with Gasteiger partial charge in [-0.1, -0.05) is 0 Å². The van der Waals surface area contributed by atoms with Crippen molar-refractivity contribution in [3.05, 3.63) is 0 Å². The van der Waals surface area contributed by atoms with Gasteiger partial charge in [-0.25, -0.2) is 0 Å². The van der Waals surface area contributed by atoms with Gasteiger partial charge in [-0.05, 0) is 58.5 Å². The molecule has 3 aliphatic heterocycles. The summed E-state index contributed by atoms with van der Waals surface area (Å²) in [6.07, 6.45) is 9.11. The molecular weight excluding hydrogens is 316 g/mol. The number of piperidine rings is 1. The quantitative estimate of drug-likeness (QED) is 0.603. The molecule has 2 atom stereocenters. The predicted molar refractivity (Wildman–Crippen MR) is 101 cm³/mol. The van der Waals surface area contributed by atoms with Crippen molar-refractivity contribution in [1.29, 1.82) is 0 Å². The first-order chi connectivity index (χ1) is 12.3. The minimum Gasteiger partial charge on any atom is -0.376 e. The summed E-state index contributed by atoms with van der Waals surface area (Å²) in [7, 11) is 4.12. The maximum absolute atomic E-state index is 6.12. The van der Waals surface area contributed by atoms with Crippen molar-refractivity contribution < 1.29 is 9.47 Å². The van der Waals surface area contributed by atoms with Gasteiger partial charge in [0.15, 0.2) is 5.96 Å². The second kappa shape index (κ2) is 9.74. The first-order valence-corrected chi connectivity index (χ1v) is 10.2. The van der Waals surface area contributed by atoms with Crippen LogP contribution in [0.4, 0.5) is 0 Å². The number of likely N-dealkylation sites (N-methyl/N-ethyl adjacent to an activating group) is 1. The van der Waals surface area contributed by atoms with E-state index in [-0.39, 0.29) is 0 Å². The molecule has 0 bridgehead atoms. The van der Waals surface area contributed by atoms with Gasteiger partial charge in [-0.2, -0.15) is 0 Å². The van der Waals surface area contributed by atoms with Crippen LogP contribution in [0.15, 0.2) is 4.99 Å². The molecule has 0 spiro atoms.